The molecule has 0 aliphatic carbocycles. The van der Waals surface area contributed by atoms with Crippen molar-refractivity contribution in [2.75, 3.05) is 11.5 Å². The summed E-state index contributed by atoms with van der Waals surface area (Å²) in [5, 5.41) is 6.25. The van der Waals surface area contributed by atoms with Crippen LogP contribution in [0, 0.1) is 6.92 Å². The molecule has 5 aromatic carbocycles. The third-order valence-electron chi connectivity index (χ3n) is 7.37. The topological polar surface area (TPSA) is 84.9 Å². The number of hydrogen-bond acceptors (Lipinski definition) is 5. The number of carbonyl (C=O) groups excluding carboxylic acids is 3. The fraction of sp³-hybridized carbons (Fsp3) is 0.114. The van der Waals surface area contributed by atoms with Crippen LogP contribution in [-0.2, 0) is 16.2 Å². The Morgan fingerprint density at radius 3 is 2.17 bits per heavy atom. The molecule has 1 saturated heterocycles. The molecule has 0 saturated carbocycles. The molecule has 1 aliphatic rings. The highest BCUT2D eigenvalue weighted by atomic mass is 16.5. The molecule has 6 rings (SSSR count). The molecule has 0 spiro atoms. The lowest BCUT2D eigenvalue weighted by Gasteiger charge is -2.26. The number of amides is 4. The van der Waals surface area contributed by atoms with E-state index in [9.17, 15) is 14.4 Å². The van der Waals surface area contributed by atoms with Gasteiger partial charge in [-0.05, 0) is 77.4 Å². The first kappa shape index (κ1) is 26.8. The van der Waals surface area contributed by atoms with Crippen molar-refractivity contribution in [2.45, 2.75) is 20.5 Å². The first-order valence-corrected chi connectivity index (χ1v) is 13.7. The van der Waals surface area contributed by atoms with E-state index >= 15 is 0 Å². The van der Waals surface area contributed by atoms with Crippen molar-refractivity contribution in [3.8, 4) is 11.5 Å². The predicted molar refractivity (Wildman–Crippen MR) is 164 cm³/mol. The van der Waals surface area contributed by atoms with Gasteiger partial charge in [0.25, 0.3) is 11.8 Å². The average Bonchev–Trinajstić information content (AvgIpc) is 3.00. The number of aryl methyl sites for hydroxylation is 1. The van der Waals surface area contributed by atoms with Gasteiger partial charge in [-0.25, -0.2) is 9.69 Å². The molecule has 1 fully saturated rings. The number of anilines is 1. The standard InChI is InChI=1S/C35H28N2O5/c1-3-41-26-17-15-25(16-18-26)37-34(39)30(33(38)36-35(37)40)20-29-27-10-6-4-9-24(27)14-19-32(29)42-21-31-22(2)12-13-23-8-5-7-11-28(23)31/h4-20H,3,21H2,1-2H3,(H,36,38,40)/b30-20+. The Morgan fingerprint density at radius 2 is 1.43 bits per heavy atom. The van der Waals surface area contributed by atoms with E-state index in [1.165, 1.54) is 6.08 Å². The highest BCUT2D eigenvalue weighted by Crippen LogP contribution is 2.33. The van der Waals surface area contributed by atoms with E-state index in [0.29, 0.717) is 36.0 Å². The van der Waals surface area contributed by atoms with E-state index < -0.39 is 17.8 Å². The lowest BCUT2D eigenvalue weighted by atomic mass is 9.99. The zero-order valence-electron chi connectivity index (χ0n) is 23.2. The van der Waals surface area contributed by atoms with E-state index in [1.54, 1.807) is 24.3 Å². The largest absolute Gasteiger partial charge is 0.494 e. The van der Waals surface area contributed by atoms with Crippen molar-refractivity contribution in [3.63, 3.8) is 0 Å². The van der Waals surface area contributed by atoms with Crippen LogP contribution >= 0.6 is 0 Å². The van der Waals surface area contributed by atoms with Crippen LogP contribution in [0.2, 0.25) is 0 Å². The van der Waals surface area contributed by atoms with Crippen LogP contribution in [0.4, 0.5) is 10.5 Å². The zero-order valence-corrected chi connectivity index (χ0v) is 23.2. The van der Waals surface area contributed by atoms with Gasteiger partial charge in [-0.2, -0.15) is 0 Å². The van der Waals surface area contributed by atoms with Gasteiger partial charge in [-0.1, -0.05) is 66.7 Å². The van der Waals surface area contributed by atoms with Crippen LogP contribution in [0.15, 0.2) is 103 Å². The SMILES string of the molecule is CCOc1ccc(N2C(=O)NC(=O)/C(=C\c3c(OCc4c(C)ccc5ccccc45)ccc4ccccc34)C2=O)cc1. The molecule has 7 heteroatoms. The maximum atomic E-state index is 13.7. The lowest BCUT2D eigenvalue weighted by molar-refractivity contribution is -0.122. The van der Waals surface area contributed by atoms with Crippen LogP contribution in [0.25, 0.3) is 27.6 Å². The molecule has 208 valence electrons. The second-order valence-corrected chi connectivity index (χ2v) is 9.95. The van der Waals surface area contributed by atoms with Gasteiger partial charge in [-0.15, -0.1) is 0 Å². The molecule has 1 aliphatic heterocycles. The maximum Gasteiger partial charge on any atom is 0.335 e. The number of barbiturate groups is 1. The van der Waals surface area contributed by atoms with Gasteiger partial charge in [0.15, 0.2) is 0 Å². The minimum atomic E-state index is -0.813. The van der Waals surface area contributed by atoms with Gasteiger partial charge in [0.2, 0.25) is 0 Å². The van der Waals surface area contributed by atoms with Crippen LogP contribution < -0.4 is 19.7 Å². The molecule has 0 aromatic heterocycles. The Morgan fingerprint density at radius 1 is 0.762 bits per heavy atom. The van der Waals surface area contributed by atoms with E-state index in [1.807, 2.05) is 62.4 Å². The number of ether oxygens (including phenoxy) is 2. The van der Waals surface area contributed by atoms with E-state index in [2.05, 4.69) is 29.6 Å². The average molecular weight is 557 g/mol. The number of fused-ring (bicyclic) bond motifs is 2. The fourth-order valence-corrected chi connectivity index (χ4v) is 5.23. The van der Waals surface area contributed by atoms with Gasteiger partial charge >= 0.3 is 6.03 Å². The van der Waals surface area contributed by atoms with E-state index in [0.717, 1.165) is 37.6 Å². The van der Waals surface area contributed by atoms with E-state index in [4.69, 9.17) is 9.47 Å². The summed E-state index contributed by atoms with van der Waals surface area (Å²) in [5.74, 6) is -0.372. The highest BCUT2D eigenvalue weighted by Gasteiger charge is 2.37. The molecule has 5 aromatic rings. The number of nitrogens with zero attached hydrogens (tertiary/aromatic N) is 1. The number of rotatable bonds is 7. The minimum Gasteiger partial charge on any atom is -0.494 e. The summed E-state index contributed by atoms with van der Waals surface area (Å²) < 4.78 is 11.9. The van der Waals surface area contributed by atoms with Gasteiger partial charge in [0.05, 0.1) is 12.3 Å². The van der Waals surface area contributed by atoms with Gasteiger partial charge in [0.1, 0.15) is 23.7 Å². The van der Waals surface area contributed by atoms with Crippen molar-refractivity contribution in [1.29, 1.82) is 0 Å². The molecule has 0 atom stereocenters. The lowest BCUT2D eigenvalue weighted by Crippen LogP contribution is -2.54. The number of benzene rings is 5. The maximum absolute atomic E-state index is 13.7. The number of carbonyl (C=O) groups is 3. The zero-order chi connectivity index (χ0) is 29.2. The number of nitrogens with one attached hydrogen (secondary N) is 1. The smallest absolute Gasteiger partial charge is 0.335 e. The highest BCUT2D eigenvalue weighted by molar-refractivity contribution is 6.39. The molecule has 0 bridgehead atoms. The molecular weight excluding hydrogens is 528 g/mol. The summed E-state index contributed by atoms with van der Waals surface area (Å²) in [6.45, 7) is 4.69. The van der Waals surface area contributed by atoms with Gasteiger partial charge < -0.3 is 9.47 Å². The Kier molecular flexibility index (Phi) is 7.15. The fourth-order valence-electron chi connectivity index (χ4n) is 5.23. The molecular formula is C35H28N2O5. The number of urea groups is 1. The van der Waals surface area contributed by atoms with Crippen LogP contribution in [0.1, 0.15) is 23.6 Å². The Bertz CT molecular complexity index is 1890. The first-order chi connectivity index (χ1) is 20.4. The summed E-state index contributed by atoms with van der Waals surface area (Å²) in [4.78, 5) is 40.5. The Balaban J connectivity index is 1.41. The Labute approximate surface area is 243 Å². The molecule has 42 heavy (non-hydrogen) atoms. The van der Waals surface area contributed by atoms with Crippen molar-refractivity contribution in [2.24, 2.45) is 0 Å². The number of imide groups is 2. The molecule has 0 unspecified atom stereocenters. The van der Waals surface area contributed by atoms with Crippen LogP contribution in [-0.4, -0.2) is 24.5 Å². The van der Waals surface area contributed by atoms with Crippen molar-refractivity contribution < 1.29 is 23.9 Å². The third kappa shape index (κ3) is 4.97. The summed E-state index contributed by atoms with van der Waals surface area (Å²) in [7, 11) is 0. The molecule has 4 amide bonds. The summed E-state index contributed by atoms with van der Waals surface area (Å²) in [6.07, 6.45) is 1.51. The second-order valence-electron chi connectivity index (χ2n) is 9.95. The van der Waals surface area contributed by atoms with Crippen LogP contribution in [0.3, 0.4) is 0 Å². The van der Waals surface area contributed by atoms with Crippen LogP contribution in [0.5, 0.6) is 11.5 Å². The van der Waals surface area contributed by atoms with Gasteiger partial charge in [-0.3, -0.25) is 14.9 Å². The van der Waals surface area contributed by atoms with Crippen molar-refractivity contribution >= 4 is 51.2 Å². The third-order valence-corrected chi connectivity index (χ3v) is 7.37. The quantitative estimate of drug-likeness (QED) is 0.173. The minimum absolute atomic E-state index is 0.175. The normalized spacial score (nSPS) is 14.5. The predicted octanol–water partition coefficient (Wildman–Crippen LogP) is 6.95. The molecule has 7 nitrogen and oxygen atoms in total. The molecule has 1 heterocycles. The summed E-state index contributed by atoms with van der Waals surface area (Å²) >= 11 is 0. The summed E-state index contributed by atoms with van der Waals surface area (Å²) in [5.41, 5.74) is 2.87. The second kappa shape index (κ2) is 11.2. The van der Waals surface area contributed by atoms with Crippen molar-refractivity contribution in [1.82, 2.24) is 5.32 Å². The number of hydrogen-bond donors (Lipinski definition) is 1. The Hall–Kier alpha value is -5.43. The molecule has 0 radical (unpaired) electrons. The van der Waals surface area contributed by atoms with Gasteiger partial charge in [0, 0.05) is 11.1 Å². The first-order valence-electron chi connectivity index (χ1n) is 13.7. The van der Waals surface area contributed by atoms with Crippen molar-refractivity contribution in [3.05, 3.63) is 119 Å². The molecule has 1 N–H and O–H groups in total. The van der Waals surface area contributed by atoms with E-state index in [-0.39, 0.29) is 5.57 Å². The monoisotopic (exact) mass is 556 g/mol. The summed E-state index contributed by atoms with van der Waals surface area (Å²) in [6, 6.07) is 29.5.